The molecule has 1 aromatic heterocycles. The van der Waals surface area contributed by atoms with Gasteiger partial charge in [-0.3, -0.25) is 0 Å². The third-order valence-electron chi connectivity index (χ3n) is 4.84. The van der Waals surface area contributed by atoms with Gasteiger partial charge in [-0.05, 0) is 37.6 Å². The van der Waals surface area contributed by atoms with Gasteiger partial charge < -0.3 is 10.6 Å². The second-order valence-electron chi connectivity index (χ2n) is 6.05. The van der Waals surface area contributed by atoms with E-state index in [-0.39, 0.29) is 5.54 Å². The first kappa shape index (κ1) is 16.4. The summed E-state index contributed by atoms with van der Waals surface area (Å²) in [4.78, 5) is 8.61. The summed E-state index contributed by atoms with van der Waals surface area (Å²) in [5.41, 5.74) is 1.03. The lowest BCUT2D eigenvalue weighted by atomic mass is 9.72. The van der Waals surface area contributed by atoms with Gasteiger partial charge in [-0.15, -0.1) is 0 Å². The summed E-state index contributed by atoms with van der Waals surface area (Å²) in [5, 5.41) is 8.06. The Balaban J connectivity index is 1.85. The molecule has 1 saturated carbocycles. The molecule has 0 bridgehead atoms. The van der Waals surface area contributed by atoms with E-state index in [4.69, 9.17) is 11.6 Å². The number of aromatic nitrogens is 2. The number of likely N-dealkylation sites (N-methyl/N-ethyl adjacent to an activating group) is 1. The molecule has 5 heteroatoms. The highest BCUT2D eigenvalue weighted by Crippen LogP contribution is 2.40. The van der Waals surface area contributed by atoms with Crippen molar-refractivity contribution in [1.29, 1.82) is 0 Å². The first-order valence-corrected chi connectivity index (χ1v) is 8.57. The fourth-order valence-electron chi connectivity index (χ4n) is 3.66. The molecule has 23 heavy (non-hydrogen) atoms. The van der Waals surface area contributed by atoms with Gasteiger partial charge in [0.15, 0.2) is 0 Å². The highest BCUT2D eigenvalue weighted by atomic mass is 35.5. The Morgan fingerprint density at radius 3 is 2.70 bits per heavy atom. The minimum atomic E-state index is -0.147. The minimum absolute atomic E-state index is 0.147. The van der Waals surface area contributed by atoms with Crippen molar-refractivity contribution in [2.75, 3.05) is 7.05 Å². The molecule has 1 aliphatic rings. The molecule has 1 fully saturated rings. The lowest BCUT2D eigenvalue weighted by molar-refractivity contribution is 0.176. The number of nitrogens with zero attached hydrogens (tertiary/aromatic N) is 2. The zero-order valence-corrected chi connectivity index (χ0v) is 14.2. The third-order valence-corrected chi connectivity index (χ3v) is 5.16. The molecule has 1 heterocycles. The topological polar surface area (TPSA) is 49.8 Å². The van der Waals surface area contributed by atoms with Crippen LogP contribution in [0.1, 0.15) is 37.1 Å². The molecule has 0 aliphatic heterocycles. The van der Waals surface area contributed by atoms with Crippen molar-refractivity contribution >= 4 is 11.6 Å². The minimum Gasteiger partial charge on any atom is -0.309 e. The number of rotatable bonds is 5. The van der Waals surface area contributed by atoms with E-state index in [0.717, 1.165) is 23.7 Å². The van der Waals surface area contributed by atoms with E-state index in [0.29, 0.717) is 12.6 Å². The quantitative estimate of drug-likeness (QED) is 0.883. The predicted octanol–water partition coefficient (Wildman–Crippen LogP) is 3.28. The maximum absolute atomic E-state index is 6.52. The van der Waals surface area contributed by atoms with Crippen molar-refractivity contribution in [3.63, 3.8) is 0 Å². The lowest BCUT2D eigenvalue weighted by Crippen LogP contribution is -2.57. The van der Waals surface area contributed by atoms with E-state index in [1.807, 2.05) is 25.2 Å². The van der Waals surface area contributed by atoms with Crippen LogP contribution < -0.4 is 10.6 Å². The fourth-order valence-corrected chi connectivity index (χ4v) is 3.97. The molecule has 0 unspecified atom stereocenters. The largest absolute Gasteiger partial charge is 0.309 e. The summed E-state index contributed by atoms with van der Waals surface area (Å²) in [5.74, 6) is 0.822. The van der Waals surface area contributed by atoms with Gasteiger partial charge in [-0.2, -0.15) is 0 Å². The van der Waals surface area contributed by atoms with Gasteiger partial charge in [0.2, 0.25) is 0 Å². The van der Waals surface area contributed by atoms with Crippen LogP contribution in [0.3, 0.4) is 0 Å². The van der Waals surface area contributed by atoms with Crippen LogP contribution in [-0.4, -0.2) is 23.1 Å². The van der Waals surface area contributed by atoms with Crippen LogP contribution in [-0.2, 0) is 12.1 Å². The molecule has 122 valence electrons. The van der Waals surface area contributed by atoms with Crippen molar-refractivity contribution in [3.05, 3.63) is 59.1 Å². The van der Waals surface area contributed by atoms with Crippen LogP contribution in [0.25, 0.3) is 0 Å². The SMILES string of the molecule is CN[C@@]1(c2ccccc2Cl)CCCC[C@@H]1NCc1ncccn1. The molecule has 3 rings (SSSR count). The first-order chi connectivity index (χ1) is 11.3. The number of hydrogen-bond donors (Lipinski definition) is 2. The van der Waals surface area contributed by atoms with Crippen molar-refractivity contribution in [2.24, 2.45) is 0 Å². The second kappa shape index (κ2) is 7.39. The normalized spacial score (nSPS) is 24.5. The lowest BCUT2D eigenvalue weighted by Gasteiger charge is -2.45. The molecular weight excluding hydrogens is 308 g/mol. The van der Waals surface area contributed by atoms with Gasteiger partial charge >= 0.3 is 0 Å². The zero-order chi connectivity index (χ0) is 16.1. The first-order valence-electron chi connectivity index (χ1n) is 8.19. The number of hydrogen-bond acceptors (Lipinski definition) is 4. The van der Waals surface area contributed by atoms with Gasteiger partial charge in [0, 0.05) is 23.5 Å². The van der Waals surface area contributed by atoms with Crippen LogP contribution in [0.5, 0.6) is 0 Å². The van der Waals surface area contributed by atoms with Crippen LogP contribution in [0, 0.1) is 0 Å². The van der Waals surface area contributed by atoms with Crippen LogP contribution >= 0.6 is 11.6 Å². The zero-order valence-electron chi connectivity index (χ0n) is 13.4. The Morgan fingerprint density at radius 1 is 1.17 bits per heavy atom. The Labute approximate surface area is 142 Å². The predicted molar refractivity (Wildman–Crippen MR) is 93.3 cm³/mol. The van der Waals surface area contributed by atoms with Crippen molar-refractivity contribution in [3.8, 4) is 0 Å². The van der Waals surface area contributed by atoms with Crippen LogP contribution in [0.4, 0.5) is 0 Å². The Morgan fingerprint density at radius 2 is 1.96 bits per heavy atom. The standard InChI is InChI=1S/C18H23ClN4/c1-20-18(14-7-2-3-8-15(14)19)10-5-4-9-16(18)23-13-17-21-11-6-12-22-17/h2-3,6-8,11-12,16,20,23H,4-5,9-10,13H2,1H3/t16-,18+/m0/s1. The number of halogens is 1. The number of nitrogens with one attached hydrogen (secondary N) is 2. The highest BCUT2D eigenvalue weighted by molar-refractivity contribution is 6.31. The van der Waals surface area contributed by atoms with Crippen molar-refractivity contribution in [1.82, 2.24) is 20.6 Å². The smallest absolute Gasteiger partial charge is 0.141 e. The summed E-state index contributed by atoms with van der Waals surface area (Å²) in [6.07, 6.45) is 8.17. The van der Waals surface area contributed by atoms with Gasteiger partial charge in [-0.1, -0.05) is 42.6 Å². The van der Waals surface area contributed by atoms with Gasteiger partial charge in [0.25, 0.3) is 0 Å². The second-order valence-corrected chi connectivity index (χ2v) is 6.45. The van der Waals surface area contributed by atoms with Crippen LogP contribution in [0.15, 0.2) is 42.7 Å². The van der Waals surface area contributed by atoms with Crippen LogP contribution in [0.2, 0.25) is 5.02 Å². The van der Waals surface area contributed by atoms with E-state index in [2.05, 4.69) is 32.7 Å². The molecule has 1 aliphatic carbocycles. The molecule has 0 spiro atoms. The van der Waals surface area contributed by atoms with Crippen molar-refractivity contribution < 1.29 is 0 Å². The molecule has 4 nitrogen and oxygen atoms in total. The summed E-state index contributed by atoms with van der Waals surface area (Å²) in [6.45, 7) is 0.666. The molecule has 2 aromatic rings. The summed E-state index contributed by atoms with van der Waals surface area (Å²) in [7, 11) is 2.03. The van der Waals surface area contributed by atoms with Crippen molar-refractivity contribution in [2.45, 2.75) is 43.8 Å². The molecule has 0 amide bonds. The fraction of sp³-hybridized carbons (Fsp3) is 0.444. The summed E-state index contributed by atoms with van der Waals surface area (Å²) in [6, 6.07) is 10.3. The maximum Gasteiger partial charge on any atom is 0.141 e. The average Bonchev–Trinajstić information content (AvgIpc) is 2.61. The Bertz CT molecular complexity index is 634. The average molecular weight is 331 g/mol. The van der Waals surface area contributed by atoms with E-state index in [9.17, 15) is 0 Å². The van der Waals surface area contributed by atoms with E-state index >= 15 is 0 Å². The maximum atomic E-state index is 6.52. The third kappa shape index (κ3) is 3.39. The van der Waals surface area contributed by atoms with E-state index in [1.54, 1.807) is 12.4 Å². The monoisotopic (exact) mass is 330 g/mol. The van der Waals surface area contributed by atoms with Gasteiger partial charge in [0.05, 0.1) is 12.1 Å². The van der Waals surface area contributed by atoms with E-state index in [1.165, 1.54) is 18.4 Å². The molecule has 2 atom stereocenters. The highest BCUT2D eigenvalue weighted by Gasteiger charge is 2.41. The molecule has 0 saturated heterocycles. The Kier molecular flexibility index (Phi) is 5.26. The van der Waals surface area contributed by atoms with E-state index < -0.39 is 0 Å². The Hall–Kier alpha value is -1.49. The summed E-state index contributed by atoms with van der Waals surface area (Å²) >= 11 is 6.52. The van der Waals surface area contributed by atoms with Gasteiger partial charge in [0.1, 0.15) is 5.82 Å². The molecular formula is C18H23ClN4. The van der Waals surface area contributed by atoms with Gasteiger partial charge in [-0.25, -0.2) is 9.97 Å². The molecule has 0 radical (unpaired) electrons. The molecule has 2 N–H and O–H groups in total. The molecule has 1 aromatic carbocycles. The number of benzene rings is 1. The summed E-state index contributed by atoms with van der Waals surface area (Å²) < 4.78 is 0.